The number of carbonyl (C=O) groups excluding carboxylic acids is 1. The van der Waals surface area contributed by atoms with Crippen molar-refractivity contribution in [3.05, 3.63) is 40.5 Å². The van der Waals surface area contributed by atoms with Gasteiger partial charge in [0.15, 0.2) is 11.6 Å². The summed E-state index contributed by atoms with van der Waals surface area (Å²) >= 11 is 1.28. The van der Waals surface area contributed by atoms with Gasteiger partial charge >= 0.3 is 0 Å². The number of hydrogen-bond donors (Lipinski definition) is 1. The Bertz CT molecular complexity index is 736. The largest absolute Gasteiger partial charge is 0.371 e. The Balaban J connectivity index is 1.73. The molecule has 3 nitrogen and oxygen atoms in total. The molecule has 0 spiro atoms. The Labute approximate surface area is 131 Å². The number of anilines is 2. The van der Waals surface area contributed by atoms with Crippen LogP contribution in [0.3, 0.4) is 0 Å². The normalized spacial score (nSPS) is 20.5. The molecule has 0 saturated carbocycles. The Morgan fingerprint density at radius 3 is 2.73 bits per heavy atom. The summed E-state index contributed by atoms with van der Waals surface area (Å²) in [7, 11) is 0. The Morgan fingerprint density at radius 2 is 1.95 bits per heavy atom. The lowest BCUT2D eigenvalue weighted by atomic mass is 10.1. The fourth-order valence-corrected chi connectivity index (χ4v) is 4.21. The van der Waals surface area contributed by atoms with Crippen molar-refractivity contribution in [3.8, 4) is 0 Å². The Hall–Kier alpha value is -1.82. The zero-order valence-corrected chi connectivity index (χ0v) is 12.6. The average molecular weight is 320 g/mol. The molecule has 1 N–H and O–H groups in total. The minimum absolute atomic E-state index is 0.162. The molecular formula is C16H14F2N2OS. The van der Waals surface area contributed by atoms with E-state index in [4.69, 9.17) is 0 Å². The van der Waals surface area contributed by atoms with Gasteiger partial charge in [-0.15, -0.1) is 0 Å². The maximum absolute atomic E-state index is 14.4. The molecule has 1 aromatic carbocycles. The van der Waals surface area contributed by atoms with Crippen molar-refractivity contribution >= 4 is 28.9 Å². The summed E-state index contributed by atoms with van der Waals surface area (Å²) in [4.78, 5) is 15.0. The molecule has 114 valence electrons. The average Bonchev–Trinajstić information content (AvgIpc) is 2.99. The van der Waals surface area contributed by atoms with Crippen molar-refractivity contribution in [1.82, 2.24) is 0 Å². The maximum Gasteiger partial charge on any atom is 0.163 e. The third-order valence-electron chi connectivity index (χ3n) is 4.13. The molecule has 0 amide bonds. The molecule has 4 rings (SSSR count). The summed E-state index contributed by atoms with van der Waals surface area (Å²) in [5.41, 5.74) is 1.37. The number of benzene rings is 1. The lowest BCUT2D eigenvalue weighted by Crippen LogP contribution is -2.20. The predicted molar refractivity (Wildman–Crippen MR) is 83.2 cm³/mol. The molecule has 1 saturated heterocycles. The molecule has 0 unspecified atom stereocenters. The summed E-state index contributed by atoms with van der Waals surface area (Å²) in [6, 6.07) is 3.42. The third kappa shape index (κ3) is 2.22. The van der Waals surface area contributed by atoms with Gasteiger partial charge in [-0.25, -0.2) is 8.78 Å². The zero-order chi connectivity index (χ0) is 15.3. The van der Waals surface area contributed by atoms with Gasteiger partial charge in [0.2, 0.25) is 0 Å². The number of halogens is 2. The maximum atomic E-state index is 14.4. The first-order chi connectivity index (χ1) is 10.6. The van der Waals surface area contributed by atoms with Crippen LogP contribution in [0.1, 0.15) is 19.3 Å². The van der Waals surface area contributed by atoms with E-state index in [1.54, 1.807) is 0 Å². The second-order valence-corrected chi connectivity index (χ2v) is 6.79. The van der Waals surface area contributed by atoms with Crippen molar-refractivity contribution in [3.63, 3.8) is 0 Å². The van der Waals surface area contributed by atoms with E-state index < -0.39 is 5.83 Å². The van der Waals surface area contributed by atoms with Crippen LogP contribution in [0.5, 0.6) is 0 Å². The molecule has 1 aliphatic carbocycles. The highest BCUT2D eigenvalue weighted by atomic mass is 32.2. The molecule has 1 fully saturated rings. The second kappa shape index (κ2) is 5.12. The van der Waals surface area contributed by atoms with E-state index in [9.17, 15) is 13.6 Å². The number of nitrogens with one attached hydrogen (secondary N) is 1. The van der Waals surface area contributed by atoms with Crippen LogP contribution in [0.25, 0.3) is 0 Å². The lowest BCUT2D eigenvalue weighted by Gasteiger charge is -2.27. The van der Waals surface area contributed by atoms with Gasteiger partial charge in [0.25, 0.3) is 0 Å². The second-order valence-electron chi connectivity index (χ2n) is 5.66. The van der Waals surface area contributed by atoms with Crippen molar-refractivity contribution < 1.29 is 13.6 Å². The SMILES string of the molecule is O=C1C=C(F)C2=C(C1)Sc1cc(N3CCCC3)cc(F)c1N2. The standard InChI is InChI=1S/C16H14F2N2OS/c17-11-5-9(20-3-1-2-4-20)6-13-15(11)19-16-12(18)7-10(21)8-14(16)22-13/h5-7,19H,1-4,8H2. The minimum atomic E-state index is -0.618. The van der Waals surface area contributed by atoms with Gasteiger partial charge in [0.1, 0.15) is 5.82 Å². The summed E-state index contributed by atoms with van der Waals surface area (Å²) in [6.07, 6.45) is 3.36. The molecule has 0 aromatic heterocycles. The first kappa shape index (κ1) is 13.8. The number of ketones is 1. The van der Waals surface area contributed by atoms with E-state index in [-0.39, 0.29) is 23.7 Å². The number of fused-ring (bicyclic) bond motifs is 1. The van der Waals surface area contributed by atoms with Crippen molar-refractivity contribution in [1.29, 1.82) is 0 Å². The molecule has 0 bridgehead atoms. The van der Waals surface area contributed by atoms with E-state index in [0.717, 1.165) is 37.7 Å². The van der Waals surface area contributed by atoms with E-state index in [0.29, 0.717) is 15.5 Å². The van der Waals surface area contributed by atoms with E-state index in [1.807, 2.05) is 6.07 Å². The van der Waals surface area contributed by atoms with Crippen LogP contribution in [-0.2, 0) is 4.79 Å². The monoisotopic (exact) mass is 320 g/mol. The topological polar surface area (TPSA) is 32.3 Å². The number of allylic oxidation sites excluding steroid dienone is 3. The highest BCUT2D eigenvalue weighted by molar-refractivity contribution is 8.03. The Morgan fingerprint density at radius 1 is 1.18 bits per heavy atom. The molecule has 2 aliphatic heterocycles. The highest BCUT2D eigenvalue weighted by Gasteiger charge is 2.29. The van der Waals surface area contributed by atoms with Crippen LogP contribution < -0.4 is 10.2 Å². The van der Waals surface area contributed by atoms with Crippen LogP contribution in [0, 0.1) is 5.82 Å². The van der Waals surface area contributed by atoms with Crippen molar-refractivity contribution in [2.24, 2.45) is 0 Å². The van der Waals surface area contributed by atoms with Crippen molar-refractivity contribution in [2.45, 2.75) is 24.2 Å². The van der Waals surface area contributed by atoms with Crippen LogP contribution in [0.4, 0.5) is 20.2 Å². The molecule has 1 aromatic rings. The van der Waals surface area contributed by atoms with Gasteiger partial charge in [0.05, 0.1) is 11.4 Å². The lowest BCUT2D eigenvalue weighted by molar-refractivity contribution is -0.114. The smallest absolute Gasteiger partial charge is 0.163 e. The van der Waals surface area contributed by atoms with Gasteiger partial charge < -0.3 is 10.2 Å². The van der Waals surface area contributed by atoms with E-state index >= 15 is 0 Å². The van der Waals surface area contributed by atoms with Gasteiger partial charge in [0, 0.05) is 41.1 Å². The highest BCUT2D eigenvalue weighted by Crippen LogP contribution is 2.47. The van der Waals surface area contributed by atoms with Crippen LogP contribution in [-0.4, -0.2) is 18.9 Å². The van der Waals surface area contributed by atoms with Crippen LogP contribution >= 0.6 is 11.8 Å². The fraction of sp³-hybridized carbons (Fsp3) is 0.312. The quantitative estimate of drug-likeness (QED) is 0.848. The van der Waals surface area contributed by atoms with Gasteiger partial charge in [-0.05, 0) is 25.0 Å². The molecule has 0 atom stereocenters. The molecule has 0 radical (unpaired) electrons. The zero-order valence-electron chi connectivity index (χ0n) is 11.8. The van der Waals surface area contributed by atoms with Gasteiger partial charge in [-0.1, -0.05) is 11.8 Å². The molecule has 6 heteroatoms. The molecule has 2 heterocycles. The van der Waals surface area contributed by atoms with Crippen LogP contribution in [0.2, 0.25) is 0 Å². The Kier molecular flexibility index (Phi) is 3.22. The summed E-state index contributed by atoms with van der Waals surface area (Å²) in [5.74, 6) is -1.26. The third-order valence-corrected chi connectivity index (χ3v) is 5.27. The van der Waals surface area contributed by atoms with E-state index in [1.165, 1.54) is 17.8 Å². The summed E-state index contributed by atoms with van der Waals surface area (Å²) in [6.45, 7) is 1.86. The molecular weight excluding hydrogens is 306 g/mol. The fourth-order valence-electron chi connectivity index (χ4n) is 3.05. The number of hydrogen-bond acceptors (Lipinski definition) is 4. The van der Waals surface area contributed by atoms with Crippen molar-refractivity contribution in [2.75, 3.05) is 23.3 Å². The van der Waals surface area contributed by atoms with Gasteiger partial charge in [-0.2, -0.15) is 0 Å². The van der Waals surface area contributed by atoms with Crippen LogP contribution in [0.15, 0.2) is 39.5 Å². The molecule has 22 heavy (non-hydrogen) atoms. The first-order valence-electron chi connectivity index (χ1n) is 7.29. The summed E-state index contributed by atoms with van der Waals surface area (Å²) in [5, 5.41) is 2.83. The predicted octanol–water partition coefficient (Wildman–Crippen LogP) is 3.98. The minimum Gasteiger partial charge on any atom is -0.371 e. The van der Waals surface area contributed by atoms with E-state index in [2.05, 4.69) is 10.2 Å². The number of rotatable bonds is 1. The number of thioether (sulfide) groups is 1. The summed E-state index contributed by atoms with van der Waals surface area (Å²) < 4.78 is 28.3. The molecule has 3 aliphatic rings. The first-order valence-corrected chi connectivity index (χ1v) is 8.10. The number of nitrogens with zero attached hydrogens (tertiary/aromatic N) is 1. The number of carbonyl (C=O) groups is 1. The van der Waals surface area contributed by atoms with Gasteiger partial charge in [-0.3, -0.25) is 4.79 Å².